The molecule has 0 aromatic carbocycles. The summed E-state index contributed by atoms with van der Waals surface area (Å²) in [5.41, 5.74) is -4.91. The smallest absolute Gasteiger partial charge is 0.377 e. The van der Waals surface area contributed by atoms with Crippen molar-refractivity contribution in [3.05, 3.63) is 0 Å². The van der Waals surface area contributed by atoms with Crippen molar-refractivity contribution >= 4 is 47.8 Å². The second-order valence-electron chi connectivity index (χ2n) is 51.5. The number of carbonyl (C=O) groups is 8. The molecule has 32 bridgehead atoms. The molecule has 12 atom stereocenters. The fourth-order valence-corrected chi connectivity index (χ4v) is 38.4. The summed E-state index contributed by atoms with van der Waals surface area (Å²) < 4.78 is 183. The molecule has 12 unspecified atom stereocenters. The Balaban J connectivity index is 0.000000108. The van der Waals surface area contributed by atoms with E-state index < -0.39 is 143 Å². The first kappa shape index (κ1) is 97.1. The van der Waals surface area contributed by atoms with Crippen LogP contribution in [0, 0.1) is 164 Å². The SMILES string of the molecule is CCC(F)(F)C(=O)OC12CC3CC(C1)CC(C(=O)OC(C)OC14CC5CC(CC(C5)C1)C4)(C3)C2.CCC(F)(F)C(=O)OC12CC3CC(C1)CC(C(=O)OC(C)OC1C4CC5CC(C4)CC1C5)(C3)C2.CCC(F)(F)C(=O)OC1C2CC3CC1CC(C(=O)OC(C)OC14CC5CC(CC(C5)C1)C4)(C3)C2.CCC(F)(F)C(=O)OC1C2CC3CC1CC(C(=O)OC(C)OC1C4CC5CC(C4)CC1C5)(C3)C2. The largest absolute Gasteiger partial charge is 0.457 e. The van der Waals surface area contributed by atoms with Crippen molar-refractivity contribution in [3.8, 4) is 0 Å². The molecular formula is C108H152F8O20. The third-order valence-corrected chi connectivity index (χ3v) is 41.1. The molecule has 0 aromatic rings. The van der Waals surface area contributed by atoms with Gasteiger partial charge in [-0.05, 0) is 439 Å². The van der Waals surface area contributed by atoms with E-state index in [4.69, 9.17) is 56.8 Å². The Kier molecular flexibility index (Phi) is 25.3. The molecule has 0 aliphatic heterocycles. The Morgan fingerprint density at radius 2 is 0.456 bits per heavy atom. The molecule has 0 spiro atoms. The maximum absolute atomic E-state index is 14.0. The van der Waals surface area contributed by atoms with Crippen LogP contribution in [0.1, 0.15) is 364 Å². The van der Waals surface area contributed by atoms with E-state index in [0.717, 1.165) is 149 Å². The average molecular weight is 1920 g/mol. The minimum absolute atomic E-state index is 0.0453. The van der Waals surface area contributed by atoms with Crippen LogP contribution in [-0.2, 0) is 95.2 Å². The zero-order valence-corrected chi connectivity index (χ0v) is 81.6. The number of alkyl halides is 8. The molecule has 136 heavy (non-hydrogen) atoms. The fraction of sp³-hybridized carbons (Fsp3) is 0.926. The van der Waals surface area contributed by atoms with Gasteiger partial charge in [0.1, 0.15) is 23.4 Å². The Labute approximate surface area is 797 Å². The van der Waals surface area contributed by atoms with Crippen molar-refractivity contribution in [1.82, 2.24) is 0 Å². The molecule has 32 aliphatic rings. The normalized spacial score (nSPS) is 47.0. The maximum Gasteiger partial charge on any atom is 0.377 e. The van der Waals surface area contributed by atoms with Gasteiger partial charge in [-0.1, -0.05) is 27.7 Å². The van der Waals surface area contributed by atoms with Gasteiger partial charge in [0.25, 0.3) is 0 Å². The summed E-state index contributed by atoms with van der Waals surface area (Å²) in [5.74, 6) is -8.88. The highest BCUT2D eigenvalue weighted by Gasteiger charge is 2.70. The lowest BCUT2D eigenvalue weighted by Crippen LogP contribution is -2.61. The second-order valence-corrected chi connectivity index (χ2v) is 51.5. The monoisotopic (exact) mass is 1920 g/mol. The van der Waals surface area contributed by atoms with E-state index in [-0.39, 0.29) is 94.6 Å². The second kappa shape index (κ2) is 35.5. The van der Waals surface area contributed by atoms with Crippen molar-refractivity contribution in [1.29, 1.82) is 0 Å². The molecule has 20 nitrogen and oxygen atoms in total. The van der Waals surface area contributed by atoms with E-state index in [1.807, 2.05) is 27.7 Å². The number of hydrogen-bond donors (Lipinski definition) is 0. The van der Waals surface area contributed by atoms with Gasteiger partial charge in [0.15, 0.2) is 12.6 Å². The van der Waals surface area contributed by atoms with Crippen LogP contribution in [0.2, 0.25) is 0 Å². The molecular weight excluding hydrogens is 1770 g/mol. The first-order chi connectivity index (χ1) is 64.3. The van der Waals surface area contributed by atoms with Crippen molar-refractivity contribution in [2.24, 2.45) is 164 Å². The minimum Gasteiger partial charge on any atom is -0.457 e. The number of ether oxygens (including phenoxy) is 12. The first-order valence-corrected chi connectivity index (χ1v) is 54.3. The number of carbonyl (C=O) groups excluding carboxylic acids is 8. The third-order valence-electron chi connectivity index (χ3n) is 41.1. The maximum atomic E-state index is 14.0. The van der Waals surface area contributed by atoms with E-state index in [0.29, 0.717) is 125 Å². The summed E-state index contributed by atoms with van der Waals surface area (Å²) in [7, 11) is 0. The van der Waals surface area contributed by atoms with Crippen LogP contribution in [0.3, 0.4) is 0 Å². The van der Waals surface area contributed by atoms with Crippen LogP contribution in [0.25, 0.3) is 0 Å². The zero-order valence-electron chi connectivity index (χ0n) is 81.6. The molecule has 760 valence electrons. The van der Waals surface area contributed by atoms with E-state index >= 15 is 0 Å². The van der Waals surface area contributed by atoms with Gasteiger partial charge in [-0.3, -0.25) is 19.2 Å². The molecule has 0 aromatic heterocycles. The quantitative estimate of drug-likeness (QED) is 0.0306. The van der Waals surface area contributed by atoms with Crippen LogP contribution in [0.4, 0.5) is 35.1 Å². The van der Waals surface area contributed by atoms with Crippen molar-refractivity contribution in [3.63, 3.8) is 0 Å². The number of rotatable bonds is 28. The van der Waals surface area contributed by atoms with Crippen molar-refractivity contribution < 1.29 is 130 Å². The summed E-state index contributed by atoms with van der Waals surface area (Å²) in [5, 5.41) is 0. The first-order valence-electron chi connectivity index (χ1n) is 54.3. The molecule has 0 N–H and O–H groups in total. The Morgan fingerprint density at radius 3 is 0.728 bits per heavy atom. The van der Waals surface area contributed by atoms with Gasteiger partial charge in [0, 0.05) is 38.5 Å². The van der Waals surface area contributed by atoms with Crippen LogP contribution in [0.5, 0.6) is 0 Å². The highest BCUT2D eigenvalue weighted by atomic mass is 19.3. The average Bonchev–Trinajstić information content (AvgIpc) is 0.708. The zero-order chi connectivity index (χ0) is 95.5. The van der Waals surface area contributed by atoms with Crippen LogP contribution in [-0.4, -0.2) is 143 Å². The van der Waals surface area contributed by atoms with Gasteiger partial charge in [-0.25, -0.2) is 19.2 Å². The minimum atomic E-state index is -3.49. The predicted molar refractivity (Wildman–Crippen MR) is 475 cm³/mol. The third kappa shape index (κ3) is 18.4. The molecule has 32 fully saturated rings. The van der Waals surface area contributed by atoms with Crippen LogP contribution in [0.15, 0.2) is 0 Å². The summed E-state index contributed by atoms with van der Waals surface area (Å²) in [6.07, 6.45) is 36.6. The van der Waals surface area contributed by atoms with Gasteiger partial charge in [0.05, 0.1) is 45.1 Å². The topological polar surface area (TPSA) is 247 Å². The molecule has 0 heterocycles. The van der Waals surface area contributed by atoms with Gasteiger partial charge < -0.3 is 56.8 Å². The van der Waals surface area contributed by atoms with Crippen LogP contribution >= 0.6 is 0 Å². The number of esters is 8. The molecule has 28 heteroatoms. The number of hydrogen-bond acceptors (Lipinski definition) is 20. The summed E-state index contributed by atoms with van der Waals surface area (Å²) >= 11 is 0. The lowest BCUT2D eigenvalue weighted by atomic mass is 9.48. The molecule has 32 aliphatic carbocycles. The Morgan fingerprint density at radius 1 is 0.243 bits per heavy atom. The molecule has 32 rings (SSSR count). The molecule has 32 saturated carbocycles. The van der Waals surface area contributed by atoms with Crippen molar-refractivity contribution in [2.45, 2.75) is 459 Å². The summed E-state index contributed by atoms with van der Waals surface area (Å²) in [6.45, 7) is 12.5. The van der Waals surface area contributed by atoms with E-state index in [1.165, 1.54) is 130 Å². The summed E-state index contributed by atoms with van der Waals surface area (Å²) in [4.78, 5) is 103. The van der Waals surface area contributed by atoms with Gasteiger partial charge in [-0.15, -0.1) is 0 Å². The predicted octanol–water partition coefficient (Wildman–Crippen LogP) is 22.6. The molecule has 0 radical (unpaired) electrons. The van der Waals surface area contributed by atoms with Gasteiger partial charge in [0.2, 0.25) is 12.6 Å². The summed E-state index contributed by atoms with van der Waals surface area (Å²) in [6, 6.07) is 0. The lowest BCUT2D eigenvalue weighted by molar-refractivity contribution is -0.260. The molecule has 0 amide bonds. The Bertz CT molecular complexity index is 4340. The van der Waals surface area contributed by atoms with Crippen LogP contribution < -0.4 is 0 Å². The van der Waals surface area contributed by atoms with Gasteiger partial charge >= 0.3 is 71.4 Å². The highest BCUT2D eigenvalue weighted by molar-refractivity contribution is 5.83. The van der Waals surface area contributed by atoms with Crippen molar-refractivity contribution in [2.75, 3.05) is 0 Å². The standard InChI is InChI=1S/4C27H38F2O5/c1-3-27(28,29)23(31)34-26-13-20-7-21(14-26)9-24(8-20,15-26)22(30)32-16(2)33-25-10-17-4-18(11-25)6-19(5-17)12-25;1-3-27(28,29)24(31)34-26-12-18-5-19(13-26)11-25(10-18,14-26)23(30)33-15(2)32-22-20-6-16-4-17(8-20)9-21(22)7-16;1-3-27(28,29)24(31)33-22-20-7-19-8-21(22)14-25(9-19,13-20)23(30)32-15(2)34-26-10-16-4-17(11-26)6-18(5-16)12-26;1-3-27(28,29)25(31)34-23-20-9-17-10-21(23)13-26(11-17,12-20)24(30)33-14(2)32-22-18-5-15-4-16(7-18)8-19(22)6-15/h16-21H,3-15H2,1-2H3;2*15-22H,3-14H2,1-2H3;14-23H,3-13H2,1-2H3. The van der Waals surface area contributed by atoms with E-state index in [9.17, 15) is 73.5 Å². The van der Waals surface area contributed by atoms with E-state index in [1.54, 1.807) is 0 Å². The lowest BCUT2D eigenvalue weighted by Gasteiger charge is -2.60. The highest BCUT2D eigenvalue weighted by Crippen LogP contribution is 2.70. The number of halogens is 8. The van der Waals surface area contributed by atoms with Gasteiger partial charge in [-0.2, -0.15) is 35.1 Å². The fourth-order valence-electron chi connectivity index (χ4n) is 38.4. The Hall–Kier alpha value is -4.96. The molecule has 0 saturated heterocycles. The van der Waals surface area contributed by atoms with E-state index in [2.05, 4.69) is 0 Å².